The van der Waals surface area contributed by atoms with E-state index in [4.69, 9.17) is 37.8 Å². The van der Waals surface area contributed by atoms with Gasteiger partial charge in [-0.1, -0.05) is 0 Å². The SMILES string of the molecule is C=O.CO[C@@H]1CC(O)[C@H](O)C(CSCCC(C)(C)N(Cl)Cl)O1. The van der Waals surface area contributed by atoms with Gasteiger partial charge < -0.3 is 24.5 Å². The van der Waals surface area contributed by atoms with Crippen molar-refractivity contribution in [1.82, 2.24) is 3.94 Å². The van der Waals surface area contributed by atoms with Gasteiger partial charge in [0.2, 0.25) is 0 Å². The van der Waals surface area contributed by atoms with Crippen LogP contribution in [0.25, 0.3) is 0 Å². The molecule has 0 spiro atoms. The van der Waals surface area contributed by atoms with Crippen LogP contribution < -0.4 is 0 Å². The number of halogens is 2. The molecular formula is C13H25Cl2NO5S. The van der Waals surface area contributed by atoms with Gasteiger partial charge in [0.15, 0.2) is 6.29 Å². The molecule has 0 saturated carbocycles. The third kappa shape index (κ3) is 7.31. The van der Waals surface area contributed by atoms with Crippen molar-refractivity contribution in [2.24, 2.45) is 0 Å². The van der Waals surface area contributed by atoms with Crippen molar-refractivity contribution in [3.05, 3.63) is 0 Å². The molecule has 9 heteroatoms. The minimum absolute atomic E-state index is 0.291. The molecule has 2 N–H and O–H groups in total. The Morgan fingerprint density at radius 2 is 2.00 bits per heavy atom. The summed E-state index contributed by atoms with van der Waals surface area (Å²) in [5.41, 5.74) is -0.309. The minimum Gasteiger partial charge on any atom is -0.390 e. The van der Waals surface area contributed by atoms with E-state index in [9.17, 15) is 10.2 Å². The van der Waals surface area contributed by atoms with Crippen molar-refractivity contribution in [3.63, 3.8) is 0 Å². The monoisotopic (exact) mass is 377 g/mol. The Kier molecular flexibility index (Phi) is 11.2. The lowest BCUT2D eigenvalue weighted by Crippen LogP contribution is -2.49. The zero-order valence-corrected chi connectivity index (χ0v) is 15.4. The molecule has 0 bridgehead atoms. The van der Waals surface area contributed by atoms with E-state index < -0.39 is 24.6 Å². The van der Waals surface area contributed by atoms with Gasteiger partial charge in [-0.3, -0.25) is 0 Å². The van der Waals surface area contributed by atoms with E-state index in [-0.39, 0.29) is 5.54 Å². The molecule has 6 nitrogen and oxygen atoms in total. The largest absolute Gasteiger partial charge is 0.390 e. The molecule has 0 aliphatic carbocycles. The number of ether oxygens (including phenoxy) is 2. The van der Waals surface area contributed by atoms with Crippen LogP contribution in [0.4, 0.5) is 0 Å². The maximum atomic E-state index is 9.90. The van der Waals surface area contributed by atoms with Crippen LogP contribution in [0.15, 0.2) is 0 Å². The number of aliphatic hydroxyl groups is 2. The highest BCUT2D eigenvalue weighted by Gasteiger charge is 2.36. The third-order valence-corrected chi connectivity index (χ3v) is 5.37. The van der Waals surface area contributed by atoms with E-state index in [1.807, 2.05) is 20.6 Å². The van der Waals surface area contributed by atoms with Crippen LogP contribution in [0.1, 0.15) is 26.7 Å². The first kappa shape index (κ1) is 22.4. The topological polar surface area (TPSA) is 79.2 Å². The second-order valence-corrected chi connectivity index (χ2v) is 7.50. The standard InChI is InChI=1S/C12H23Cl2NO4S.CH2O/c1-12(2,15(13)14)4-5-20-7-9-11(17)8(16)6-10(18-3)19-9;1-2/h8-11,16-17H,4-7H2,1-3H3;1H2/t8?,9?,10-,11-;/m0./s1. The van der Waals surface area contributed by atoms with Crippen molar-refractivity contribution < 1.29 is 24.5 Å². The van der Waals surface area contributed by atoms with Crippen molar-refractivity contribution in [2.45, 2.75) is 56.8 Å². The Morgan fingerprint density at radius 1 is 1.41 bits per heavy atom. The number of hydrogen-bond acceptors (Lipinski definition) is 7. The summed E-state index contributed by atoms with van der Waals surface area (Å²) in [5, 5.41) is 19.7. The summed E-state index contributed by atoms with van der Waals surface area (Å²) in [6, 6.07) is 0. The Morgan fingerprint density at radius 3 is 2.50 bits per heavy atom. The number of rotatable bonds is 7. The molecule has 2 unspecified atom stereocenters. The second-order valence-electron chi connectivity index (χ2n) is 5.50. The summed E-state index contributed by atoms with van der Waals surface area (Å²) in [4.78, 5) is 8.00. The van der Waals surface area contributed by atoms with E-state index in [2.05, 4.69) is 0 Å². The van der Waals surface area contributed by atoms with E-state index in [0.29, 0.717) is 12.2 Å². The molecule has 4 atom stereocenters. The summed E-state index contributed by atoms with van der Waals surface area (Å²) in [5.74, 6) is 1.40. The molecule has 132 valence electrons. The predicted octanol–water partition coefficient (Wildman–Crippen LogP) is 1.80. The van der Waals surface area contributed by atoms with Crippen LogP contribution >= 0.6 is 35.3 Å². The van der Waals surface area contributed by atoms with Crippen molar-refractivity contribution in [1.29, 1.82) is 0 Å². The lowest BCUT2D eigenvalue weighted by atomic mass is 10.0. The van der Waals surface area contributed by atoms with Gasteiger partial charge in [0, 0.05) is 24.8 Å². The van der Waals surface area contributed by atoms with Crippen LogP contribution in [0.3, 0.4) is 0 Å². The highest BCUT2D eigenvalue weighted by atomic mass is 35.5. The van der Waals surface area contributed by atoms with E-state index in [1.54, 1.807) is 11.8 Å². The van der Waals surface area contributed by atoms with Gasteiger partial charge >= 0.3 is 0 Å². The highest BCUT2D eigenvalue weighted by molar-refractivity contribution is 7.99. The van der Waals surface area contributed by atoms with Gasteiger partial charge in [0.1, 0.15) is 12.9 Å². The molecule has 1 heterocycles. The number of nitrogens with zero attached hydrogens (tertiary/aromatic N) is 1. The minimum atomic E-state index is -0.875. The summed E-state index contributed by atoms with van der Waals surface area (Å²) in [6.45, 7) is 5.90. The van der Waals surface area contributed by atoms with Crippen LogP contribution in [0.2, 0.25) is 0 Å². The first-order valence-electron chi connectivity index (χ1n) is 6.80. The summed E-state index contributed by atoms with van der Waals surface area (Å²) < 4.78 is 11.8. The molecule has 0 aromatic heterocycles. The Balaban J connectivity index is 0.00000211. The molecule has 0 amide bonds. The van der Waals surface area contributed by atoms with Crippen molar-refractivity contribution >= 4 is 42.1 Å². The zero-order valence-electron chi connectivity index (χ0n) is 13.1. The molecule has 0 aromatic carbocycles. The van der Waals surface area contributed by atoms with E-state index in [1.165, 1.54) is 7.11 Å². The lowest BCUT2D eigenvalue weighted by Gasteiger charge is -2.36. The van der Waals surface area contributed by atoms with Gasteiger partial charge in [-0.15, -0.1) is 3.94 Å². The Labute approximate surface area is 146 Å². The fraction of sp³-hybridized carbons (Fsp3) is 0.923. The molecule has 1 fully saturated rings. The van der Waals surface area contributed by atoms with Crippen LogP contribution in [0.5, 0.6) is 0 Å². The maximum absolute atomic E-state index is 9.90. The normalized spacial score (nSPS) is 29.1. The first-order valence-corrected chi connectivity index (χ1v) is 8.64. The number of carbonyl (C=O) groups is 1. The number of methoxy groups -OCH3 is 1. The fourth-order valence-electron chi connectivity index (χ4n) is 1.81. The van der Waals surface area contributed by atoms with Gasteiger partial charge in [-0.2, -0.15) is 11.8 Å². The molecule has 0 aromatic rings. The molecule has 0 radical (unpaired) electrons. The number of aliphatic hydroxyl groups excluding tert-OH is 2. The smallest absolute Gasteiger partial charge is 0.160 e. The van der Waals surface area contributed by atoms with Crippen LogP contribution in [0, 0.1) is 0 Å². The zero-order chi connectivity index (χ0) is 17.3. The molecule has 1 rings (SSSR count). The Hall–Kier alpha value is 0.400. The second kappa shape index (κ2) is 11.0. The molecule has 1 aliphatic rings. The predicted molar refractivity (Wildman–Crippen MR) is 89.0 cm³/mol. The summed E-state index contributed by atoms with van der Waals surface area (Å²) in [7, 11) is 1.53. The fourth-order valence-corrected chi connectivity index (χ4v) is 3.30. The van der Waals surface area contributed by atoms with Gasteiger partial charge in [-0.05, 0) is 49.6 Å². The van der Waals surface area contributed by atoms with Gasteiger partial charge in [0.05, 0.1) is 12.2 Å². The number of thioether (sulfide) groups is 1. The number of hydrogen-bond donors (Lipinski definition) is 2. The van der Waals surface area contributed by atoms with Crippen molar-refractivity contribution in [2.75, 3.05) is 18.6 Å². The first-order chi connectivity index (χ1) is 10.3. The van der Waals surface area contributed by atoms with Gasteiger partial charge in [0.25, 0.3) is 0 Å². The maximum Gasteiger partial charge on any atom is 0.160 e. The summed E-state index contributed by atoms with van der Waals surface area (Å²) >= 11 is 13.1. The molecule has 1 aliphatic heterocycles. The summed E-state index contributed by atoms with van der Waals surface area (Å²) in [6.07, 6.45) is -1.49. The molecule has 1 saturated heterocycles. The molecule has 22 heavy (non-hydrogen) atoms. The van der Waals surface area contributed by atoms with Gasteiger partial charge in [-0.25, -0.2) is 0 Å². The average Bonchev–Trinajstić information content (AvgIpc) is 2.49. The Bertz CT molecular complexity index is 312. The highest BCUT2D eigenvalue weighted by Crippen LogP contribution is 2.27. The average molecular weight is 378 g/mol. The van der Waals surface area contributed by atoms with E-state index in [0.717, 1.165) is 16.1 Å². The molecular weight excluding hydrogens is 353 g/mol. The quantitative estimate of drug-likeness (QED) is 0.517. The van der Waals surface area contributed by atoms with Crippen molar-refractivity contribution in [3.8, 4) is 0 Å². The van der Waals surface area contributed by atoms with E-state index >= 15 is 0 Å². The lowest BCUT2D eigenvalue weighted by molar-refractivity contribution is -0.235. The third-order valence-electron chi connectivity index (χ3n) is 3.40. The van der Waals surface area contributed by atoms with Crippen LogP contribution in [-0.4, -0.2) is 69.7 Å². The number of carbonyl (C=O) groups excluding carboxylic acids is 1. The van der Waals surface area contributed by atoms with Crippen LogP contribution in [-0.2, 0) is 14.3 Å².